The zero-order valence-electron chi connectivity index (χ0n) is 20.8. The molecule has 0 saturated heterocycles. The lowest BCUT2D eigenvalue weighted by atomic mass is 9.86. The van der Waals surface area contributed by atoms with Gasteiger partial charge in [-0.15, -0.1) is 11.3 Å². The molecule has 2 amide bonds. The first-order chi connectivity index (χ1) is 17.4. The van der Waals surface area contributed by atoms with Crippen LogP contribution in [-0.4, -0.2) is 35.3 Å². The molecule has 1 aliphatic rings. The molecule has 1 aliphatic carbocycles. The molecule has 0 radical (unpaired) electrons. The molecule has 0 unspecified atom stereocenters. The Kier molecular flexibility index (Phi) is 6.70. The molecule has 2 aromatic carbocycles. The summed E-state index contributed by atoms with van der Waals surface area (Å²) in [6, 6.07) is 17.8. The highest BCUT2D eigenvalue weighted by Crippen LogP contribution is 2.37. The van der Waals surface area contributed by atoms with E-state index in [1.807, 2.05) is 62.4 Å². The summed E-state index contributed by atoms with van der Waals surface area (Å²) in [7, 11) is 1.69. The Labute approximate surface area is 215 Å². The van der Waals surface area contributed by atoms with Gasteiger partial charge in [0.25, 0.3) is 5.91 Å². The maximum absolute atomic E-state index is 13.9. The summed E-state index contributed by atoms with van der Waals surface area (Å²) >= 11 is 1.70. The molecule has 4 aromatic rings. The van der Waals surface area contributed by atoms with Gasteiger partial charge in [0.1, 0.15) is 0 Å². The van der Waals surface area contributed by atoms with Gasteiger partial charge < -0.3 is 10.2 Å². The van der Waals surface area contributed by atoms with Crippen molar-refractivity contribution in [1.82, 2.24) is 9.88 Å². The maximum Gasteiger partial charge on any atom is 0.255 e. The number of nitrogens with zero attached hydrogens (tertiary/aromatic N) is 2. The monoisotopic (exact) mass is 495 g/mol. The Hall–Kier alpha value is -3.77. The highest BCUT2D eigenvalue weighted by Gasteiger charge is 2.27. The molecule has 5 nitrogen and oxygen atoms in total. The SMILES string of the molecule is Cc1cccc(C)c1NC(=O)CN(C)C(=O)c1c2c(nc3ccccc13)/C(=C/c1cccs1)CCC2. The number of aromatic nitrogens is 1. The lowest BCUT2D eigenvalue weighted by molar-refractivity contribution is -0.116. The van der Waals surface area contributed by atoms with E-state index in [1.54, 1.807) is 18.4 Å². The van der Waals surface area contributed by atoms with Crippen LogP contribution in [0.2, 0.25) is 0 Å². The van der Waals surface area contributed by atoms with Gasteiger partial charge in [-0.25, -0.2) is 4.98 Å². The standard InChI is InChI=1S/C30H29N3O2S/c1-19-9-6-10-20(2)28(19)32-26(34)18-33(3)30(35)27-23-13-4-5-15-25(23)31-29-21(11-7-14-24(27)29)17-22-12-8-16-36-22/h4-6,8-10,12-13,15-17H,7,11,14,18H2,1-3H3,(H,32,34)/b21-17+. The summed E-state index contributed by atoms with van der Waals surface area (Å²) in [4.78, 5) is 34.5. The number of benzene rings is 2. The quantitative estimate of drug-likeness (QED) is 0.344. The Morgan fingerprint density at radius 3 is 2.56 bits per heavy atom. The van der Waals surface area contributed by atoms with Gasteiger partial charge in [-0.2, -0.15) is 0 Å². The normalized spacial score (nSPS) is 14.0. The number of aryl methyl sites for hydroxylation is 2. The number of carbonyl (C=O) groups excluding carboxylic acids is 2. The summed E-state index contributed by atoms with van der Waals surface area (Å²) in [5.41, 5.74) is 7.31. The third kappa shape index (κ3) is 4.69. The van der Waals surface area contributed by atoms with E-state index in [-0.39, 0.29) is 18.4 Å². The number of rotatable bonds is 5. The Morgan fingerprint density at radius 2 is 1.81 bits per heavy atom. The number of pyridine rings is 1. The summed E-state index contributed by atoms with van der Waals surface area (Å²) in [5, 5.41) is 5.89. The number of para-hydroxylation sites is 2. The van der Waals surface area contributed by atoms with Gasteiger partial charge >= 0.3 is 0 Å². The molecule has 1 N–H and O–H groups in total. The van der Waals surface area contributed by atoms with E-state index in [2.05, 4.69) is 22.8 Å². The topological polar surface area (TPSA) is 62.3 Å². The molecule has 2 heterocycles. The molecule has 0 fully saturated rings. The van der Waals surface area contributed by atoms with Crippen LogP contribution >= 0.6 is 11.3 Å². The van der Waals surface area contributed by atoms with Crippen molar-refractivity contribution in [2.45, 2.75) is 33.1 Å². The number of hydrogen-bond donors (Lipinski definition) is 1. The fourth-order valence-corrected chi connectivity index (χ4v) is 5.61. The van der Waals surface area contributed by atoms with Gasteiger partial charge in [-0.3, -0.25) is 9.59 Å². The number of nitrogens with one attached hydrogen (secondary N) is 1. The Morgan fingerprint density at radius 1 is 1.03 bits per heavy atom. The molecular formula is C30H29N3O2S. The number of allylic oxidation sites excluding steroid dienone is 1. The smallest absolute Gasteiger partial charge is 0.255 e. The van der Waals surface area contributed by atoms with Crippen molar-refractivity contribution in [3.63, 3.8) is 0 Å². The van der Waals surface area contributed by atoms with E-state index >= 15 is 0 Å². The van der Waals surface area contributed by atoms with Crippen LogP contribution < -0.4 is 5.32 Å². The Balaban J connectivity index is 1.50. The molecule has 0 bridgehead atoms. The van der Waals surface area contributed by atoms with Crippen molar-refractivity contribution >= 4 is 51.4 Å². The van der Waals surface area contributed by atoms with Gasteiger partial charge in [0, 0.05) is 23.0 Å². The lowest BCUT2D eigenvalue weighted by Gasteiger charge is -2.25. The van der Waals surface area contributed by atoms with E-state index in [9.17, 15) is 9.59 Å². The largest absolute Gasteiger partial charge is 0.332 e. The zero-order valence-corrected chi connectivity index (χ0v) is 21.6. The summed E-state index contributed by atoms with van der Waals surface area (Å²) < 4.78 is 0. The average Bonchev–Trinajstić information content (AvgIpc) is 3.38. The summed E-state index contributed by atoms with van der Waals surface area (Å²) in [6.45, 7) is 3.90. The fourth-order valence-electron chi connectivity index (χ4n) is 4.93. The molecule has 36 heavy (non-hydrogen) atoms. The van der Waals surface area contributed by atoms with Crippen molar-refractivity contribution in [3.05, 3.63) is 92.8 Å². The molecular weight excluding hydrogens is 466 g/mol. The second-order valence-electron chi connectivity index (χ2n) is 9.35. The molecule has 5 rings (SSSR count). The van der Waals surface area contributed by atoms with Crippen LogP contribution in [0.15, 0.2) is 60.0 Å². The number of hydrogen-bond acceptors (Lipinski definition) is 4. The zero-order chi connectivity index (χ0) is 25.2. The number of likely N-dealkylation sites (N-methyl/N-ethyl adjacent to an activating group) is 1. The van der Waals surface area contributed by atoms with Crippen molar-refractivity contribution in [1.29, 1.82) is 0 Å². The van der Waals surface area contributed by atoms with Crippen LogP contribution in [0.5, 0.6) is 0 Å². The first-order valence-electron chi connectivity index (χ1n) is 12.2. The first kappa shape index (κ1) is 23.9. The number of amides is 2. The second-order valence-corrected chi connectivity index (χ2v) is 10.3. The van der Waals surface area contributed by atoms with E-state index < -0.39 is 0 Å². The van der Waals surface area contributed by atoms with Gasteiger partial charge in [-0.1, -0.05) is 42.5 Å². The number of fused-ring (bicyclic) bond motifs is 2. The minimum absolute atomic E-state index is 0.0318. The van der Waals surface area contributed by atoms with Crippen molar-refractivity contribution in [2.24, 2.45) is 0 Å². The molecule has 2 aromatic heterocycles. The predicted octanol–water partition coefficient (Wildman–Crippen LogP) is 6.50. The van der Waals surface area contributed by atoms with E-state index in [0.717, 1.165) is 63.8 Å². The predicted molar refractivity (Wildman–Crippen MR) is 148 cm³/mol. The fraction of sp³-hybridized carbons (Fsp3) is 0.233. The maximum atomic E-state index is 13.9. The van der Waals surface area contributed by atoms with Gasteiger partial charge in [-0.05, 0) is 79.0 Å². The lowest BCUT2D eigenvalue weighted by Crippen LogP contribution is -2.36. The third-order valence-corrected chi connectivity index (χ3v) is 7.54. The van der Waals surface area contributed by atoms with Gasteiger partial charge in [0.2, 0.25) is 5.91 Å². The second kappa shape index (κ2) is 10.1. The molecule has 0 spiro atoms. The van der Waals surface area contributed by atoms with Crippen LogP contribution in [0.1, 0.15) is 50.5 Å². The highest BCUT2D eigenvalue weighted by molar-refractivity contribution is 7.10. The number of thiophene rings is 1. The number of anilines is 1. The third-order valence-electron chi connectivity index (χ3n) is 6.72. The van der Waals surface area contributed by atoms with Crippen molar-refractivity contribution in [3.8, 4) is 0 Å². The van der Waals surface area contributed by atoms with Crippen LogP contribution in [0.4, 0.5) is 5.69 Å². The average molecular weight is 496 g/mol. The molecule has 6 heteroatoms. The van der Waals surface area contributed by atoms with Crippen molar-refractivity contribution in [2.75, 3.05) is 18.9 Å². The summed E-state index contributed by atoms with van der Waals surface area (Å²) in [6.07, 6.45) is 4.87. The van der Waals surface area contributed by atoms with Gasteiger partial charge in [0.05, 0.1) is 23.3 Å². The molecule has 0 saturated carbocycles. The number of carbonyl (C=O) groups is 2. The van der Waals surface area contributed by atoms with E-state index in [4.69, 9.17) is 4.98 Å². The first-order valence-corrected chi connectivity index (χ1v) is 13.1. The van der Waals surface area contributed by atoms with Crippen LogP contribution in [0, 0.1) is 13.8 Å². The molecule has 182 valence electrons. The van der Waals surface area contributed by atoms with Crippen molar-refractivity contribution < 1.29 is 9.59 Å². The minimum Gasteiger partial charge on any atom is -0.332 e. The van der Waals surface area contributed by atoms with Crippen LogP contribution in [-0.2, 0) is 11.2 Å². The highest BCUT2D eigenvalue weighted by atomic mass is 32.1. The van der Waals surface area contributed by atoms with E-state index in [1.165, 1.54) is 9.78 Å². The summed E-state index contributed by atoms with van der Waals surface area (Å²) in [5.74, 6) is -0.368. The molecule has 0 aliphatic heterocycles. The van der Waals surface area contributed by atoms with Gasteiger partial charge in [0.15, 0.2) is 0 Å². The Bertz CT molecular complexity index is 1470. The minimum atomic E-state index is -0.214. The van der Waals surface area contributed by atoms with Crippen LogP contribution in [0.3, 0.4) is 0 Å². The molecule has 0 atom stereocenters. The van der Waals surface area contributed by atoms with Crippen LogP contribution in [0.25, 0.3) is 22.6 Å². The van der Waals surface area contributed by atoms with E-state index in [0.29, 0.717) is 5.56 Å².